The van der Waals surface area contributed by atoms with E-state index < -0.39 is 46.5 Å². The van der Waals surface area contributed by atoms with Crippen LogP contribution in [0.2, 0.25) is 0 Å². The molecule has 5 unspecified atom stereocenters. The third kappa shape index (κ3) is 15.6. The summed E-state index contributed by atoms with van der Waals surface area (Å²) in [6, 6.07) is 0. The summed E-state index contributed by atoms with van der Waals surface area (Å²) in [6.07, 6.45) is 24.9. The molecule has 0 bridgehead atoms. The Balaban J connectivity index is 2.04. The Bertz CT molecular complexity index is 1390. The molecule has 10 heteroatoms. The number of hydrogen-bond acceptors (Lipinski definition) is 9. The van der Waals surface area contributed by atoms with Crippen molar-refractivity contribution in [2.45, 2.75) is 297 Å². The summed E-state index contributed by atoms with van der Waals surface area (Å²) in [6.45, 7) is 34.8. The molecule has 0 saturated carbocycles. The first-order valence-electron chi connectivity index (χ1n) is 27.2. The topological polar surface area (TPSA) is 101 Å². The molecular weight excluding hydrogens is 815 g/mol. The zero-order valence-electron chi connectivity index (χ0n) is 45.2. The normalized spacial score (nSPS) is 26.1. The lowest BCUT2D eigenvalue weighted by Crippen LogP contribution is -2.68. The lowest BCUT2D eigenvalue weighted by Gasteiger charge is -2.60. The lowest BCUT2D eigenvalue weighted by atomic mass is 9.58. The average molecular weight is 920 g/mol. The number of carbonyl (C=O) groups excluding carboxylic acids is 1. The number of carboxylic acid groups (broad SMARTS) is 1. The first-order chi connectivity index (χ1) is 30.4. The molecule has 10 nitrogen and oxygen atoms in total. The van der Waals surface area contributed by atoms with Crippen LogP contribution in [0.5, 0.6) is 0 Å². The maximum Gasteiger partial charge on any atom is 0.310 e. The fourth-order valence-corrected chi connectivity index (χ4v) is 12.6. The Hall–Kier alpha value is -1.30. The molecular formula is C55H105N3O7. The summed E-state index contributed by atoms with van der Waals surface area (Å²) in [4.78, 5) is 50.2. The van der Waals surface area contributed by atoms with Gasteiger partial charge in [-0.1, -0.05) is 117 Å². The van der Waals surface area contributed by atoms with Crippen molar-refractivity contribution in [3.63, 3.8) is 0 Å². The van der Waals surface area contributed by atoms with Crippen molar-refractivity contribution in [2.75, 3.05) is 19.8 Å². The van der Waals surface area contributed by atoms with Gasteiger partial charge < -0.3 is 9.84 Å². The summed E-state index contributed by atoms with van der Waals surface area (Å²) >= 11 is 0. The minimum atomic E-state index is -1.01. The molecule has 3 fully saturated rings. The van der Waals surface area contributed by atoms with Crippen molar-refractivity contribution in [1.29, 1.82) is 0 Å². The standard InChI is InChI=1S/C55H105N3O7/c1-16-19-22-25-28-31-40-62-56-50(4,5)37-34-43(53(56,10)11)46(48(59)60)47(44-35-38-51(6,7)57(54(44,12)13)63-41-32-29-26-23-20-17-2)49(61)65-45-36-39-52(8,9)58(55(45,14)15)64-42-33-30-27-24-21-18-3/h43-47H,16-42H2,1-15H3,(H,59,60). The number of hydrogen-bond donors (Lipinski definition) is 1. The summed E-state index contributed by atoms with van der Waals surface area (Å²) in [5.74, 6) is -4.00. The predicted molar refractivity (Wildman–Crippen MR) is 267 cm³/mol. The van der Waals surface area contributed by atoms with Crippen LogP contribution in [0.25, 0.3) is 0 Å². The third-order valence-corrected chi connectivity index (χ3v) is 16.2. The second kappa shape index (κ2) is 26.1. The molecule has 3 aliphatic heterocycles. The number of rotatable bonds is 30. The van der Waals surface area contributed by atoms with Gasteiger partial charge in [0, 0.05) is 27.7 Å². The van der Waals surface area contributed by atoms with Crippen LogP contribution >= 0.6 is 0 Å². The van der Waals surface area contributed by atoms with Crippen LogP contribution < -0.4 is 0 Å². The highest BCUT2D eigenvalue weighted by molar-refractivity contribution is 5.82. The molecule has 65 heavy (non-hydrogen) atoms. The zero-order valence-corrected chi connectivity index (χ0v) is 45.2. The molecule has 1 N–H and O–H groups in total. The Morgan fingerprint density at radius 3 is 1.12 bits per heavy atom. The molecule has 0 aromatic carbocycles. The molecule has 3 heterocycles. The maximum atomic E-state index is 15.7. The van der Waals surface area contributed by atoms with E-state index in [1.165, 1.54) is 77.0 Å². The van der Waals surface area contributed by atoms with Crippen molar-refractivity contribution in [2.24, 2.45) is 23.7 Å². The van der Waals surface area contributed by atoms with Crippen LogP contribution in [0.3, 0.4) is 0 Å². The van der Waals surface area contributed by atoms with Gasteiger partial charge in [0.2, 0.25) is 0 Å². The molecule has 382 valence electrons. The molecule has 0 aromatic rings. The molecule has 5 atom stereocenters. The highest BCUT2D eigenvalue weighted by atomic mass is 16.7. The number of nitrogens with zero attached hydrogens (tertiary/aromatic N) is 3. The molecule has 3 rings (SSSR count). The first-order valence-corrected chi connectivity index (χ1v) is 27.2. The highest BCUT2D eigenvalue weighted by Crippen LogP contribution is 2.54. The molecule has 0 aromatic heterocycles. The molecule has 3 aliphatic rings. The first kappa shape index (κ1) is 58.0. The van der Waals surface area contributed by atoms with Gasteiger partial charge in [0.1, 0.15) is 6.10 Å². The molecule has 0 amide bonds. The Morgan fingerprint density at radius 1 is 0.462 bits per heavy atom. The van der Waals surface area contributed by atoms with E-state index in [4.69, 9.17) is 19.2 Å². The van der Waals surface area contributed by atoms with Crippen molar-refractivity contribution in [1.82, 2.24) is 15.2 Å². The van der Waals surface area contributed by atoms with E-state index >= 15 is 4.79 Å². The Labute approximate surface area is 400 Å². The smallest absolute Gasteiger partial charge is 0.310 e. The van der Waals surface area contributed by atoms with Gasteiger partial charge in [0.15, 0.2) is 0 Å². The largest absolute Gasteiger partial charge is 0.481 e. The van der Waals surface area contributed by atoms with E-state index in [2.05, 4.69) is 119 Å². The summed E-state index contributed by atoms with van der Waals surface area (Å²) in [7, 11) is 0. The molecule has 0 radical (unpaired) electrons. The van der Waals surface area contributed by atoms with E-state index in [0.29, 0.717) is 39.1 Å². The van der Waals surface area contributed by atoms with Crippen LogP contribution in [-0.4, -0.2) is 91.4 Å². The quantitative estimate of drug-likeness (QED) is 0.0554. The number of ether oxygens (including phenoxy) is 1. The van der Waals surface area contributed by atoms with Crippen LogP contribution in [0.15, 0.2) is 0 Å². The molecule has 0 spiro atoms. The molecule has 0 aliphatic carbocycles. The second-order valence-electron chi connectivity index (χ2n) is 24.2. The minimum absolute atomic E-state index is 0.264. The number of unbranched alkanes of at least 4 members (excludes halogenated alkanes) is 15. The van der Waals surface area contributed by atoms with E-state index in [-0.39, 0.29) is 28.5 Å². The Kier molecular flexibility index (Phi) is 23.3. The van der Waals surface area contributed by atoms with Crippen molar-refractivity contribution >= 4 is 11.9 Å². The SMILES string of the molecule is CCCCCCCCON1C(C)(C)CCC(OC(=O)C(C(C(=O)O)C2CCC(C)(C)N(OCCCCCCCC)C2(C)C)C2CCC(C)(C)N(OCCCCCCCC)C2(C)C)C1(C)C. The molecule has 3 saturated heterocycles. The van der Waals surface area contributed by atoms with Crippen molar-refractivity contribution in [3.05, 3.63) is 0 Å². The van der Waals surface area contributed by atoms with Gasteiger partial charge in [0.25, 0.3) is 0 Å². The van der Waals surface area contributed by atoms with Gasteiger partial charge in [-0.25, -0.2) is 0 Å². The van der Waals surface area contributed by atoms with Gasteiger partial charge in [-0.2, -0.15) is 15.2 Å². The maximum absolute atomic E-state index is 15.7. The number of aliphatic carboxylic acids is 1. The van der Waals surface area contributed by atoms with Gasteiger partial charge in [-0.3, -0.25) is 24.1 Å². The van der Waals surface area contributed by atoms with E-state index in [9.17, 15) is 9.90 Å². The van der Waals surface area contributed by atoms with Crippen molar-refractivity contribution < 1.29 is 33.9 Å². The van der Waals surface area contributed by atoms with Crippen LogP contribution in [0.4, 0.5) is 0 Å². The van der Waals surface area contributed by atoms with Crippen LogP contribution in [0, 0.1) is 23.7 Å². The van der Waals surface area contributed by atoms with E-state index in [0.717, 1.165) is 57.8 Å². The number of hydroxylamine groups is 6. The minimum Gasteiger partial charge on any atom is -0.481 e. The number of carbonyl (C=O) groups is 2. The lowest BCUT2D eigenvalue weighted by molar-refractivity contribution is -0.313. The zero-order chi connectivity index (χ0) is 48.7. The van der Waals surface area contributed by atoms with Crippen LogP contribution in [-0.2, 0) is 28.8 Å². The monoisotopic (exact) mass is 920 g/mol. The fourth-order valence-electron chi connectivity index (χ4n) is 12.6. The number of carboxylic acids is 1. The third-order valence-electron chi connectivity index (χ3n) is 16.2. The van der Waals surface area contributed by atoms with Crippen LogP contribution in [0.1, 0.15) is 258 Å². The van der Waals surface area contributed by atoms with E-state index in [1.54, 1.807) is 0 Å². The van der Waals surface area contributed by atoms with Crippen molar-refractivity contribution in [3.8, 4) is 0 Å². The summed E-state index contributed by atoms with van der Waals surface area (Å²) in [5, 5.41) is 18.1. The van der Waals surface area contributed by atoms with E-state index in [1.807, 2.05) is 0 Å². The second-order valence-corrected chi connectivity index (χ2v) is 24.2. The van der Waals surface area contributed by atoms with Gasteiger partial charge in [-0.15, -0.1) is 0 Å². The van der Waals surface area contributed by atoms with Gasteiger partial charge in [-0.05, 0) is 153 Å². The fraction of sp³-hybridized carbons (Fsp3) is 0.964. The van der Waals surface area contributed by atoms with Gasteiger partial charge in [0.05, 0.1) is 37.2 Å². The summed E-state index contributed by atoms with van der Waals surface area (Å²) in [5.41, 5.74) is -2.89. The number of piperidine rings is 3. The predicted octanol–water partition coefficient (Wildman–Crippen LogP) is 14.3. The number of esters is 1. The highest BCUT2D eigenvalue weighted by Gasteiger charge is 2.61. The Morgan fingerprint density at radius 2 is 0.769 bits per heavy atom. The summed E-state index contributed by atoms with van der Waals surface area (Å²) < 4.78 is 6.89. The van der Waals surface area contributed by atoms with Gasteiger partial charge >= 0.3 is 11.9 Å². The average Bonchev–Trinajstić information content (AvgIpc) is 3.20.